The molecule has 1 atom stereocenters. The smallest absolute Gasteiger partial charge is 0.232 e. The number of thioether (sulfide) groups is 1. The van der Waals surface area contributed by atoms with E-state index in [4.69, 9.17) is 0 Å². The molecular formula is C11H22N2O2S. The van der Waals surface area contributed by atoms with Crippen molar-refractivity contribution in [3.8, 4) is 0 Å². The van der Waals surface area contributed by atoms with Crippen molar-refractivity contribution in [1.29, 1.82) is 0 Å². The van der Waals surface area contributed by atoms with Gasteiger partial charge >= 0.3 is 0 Å². The van der Waals surface area contributed by atoms with E-state index in [0.717, 1.165) is 25.9 Å². The monoisotopic (exact) mass is 246 g/mol. The number of amides is 1. The molecule has 1 rings (SSSR count). The summed E-state index contributed by atoms with van der Waals surface area (Å²) in [5.41, 5.74) is 0. The first-order valence-corrected chi connectivity index (χ1v) is 6.89. The maximum absolute atomic E-state index is 11.7. The van der Waals surface area contributed by atoms with Crippen molar-refractivity contribution in [1.82, 2.24) is 10.2 Å². The second kappa shape index (κ2) is 7.14. The zero-order valence-corrected chi connectivity index (χ0v) is 10.9. The Balaban J connectivity index is 2.17. The lowest BCUT2D eigenvalue weighted by Gasteiger charge is -2.23. The number of aliphatic hydroxyl groups excluding tert-OH is 1. The van der Waals surface area contributed by atoms with Gasteiger partial charge in [0.25, 0.3) is 0 Å². The first-order chi connectivity index (χ1) is 7.59. The van der Waals surface area contributed by atoms with Crippen molar-refractivity contribution < 1.29 is 9.90 Å². The van der Waals surface area contributed by atoms with Gasteiger partial charge in [-0.3, -0.25) is 4.79 Å². The van der Waals surface area contributed by atoms with Crippen LogP contribution in [0.15, 0.2) is 0 Å². The highest BCUT2D eigenvalue weighted by Gasteiger charge is 2.17. The normalized spacial score (nSPS) is 19.4. The maximum Gasteiger partial charge on any atom is 0.232 e. The van der Waals surface area contributed by atoms with E-state index in [1.807, 2.05) is 0 Å². The van der Waals surface area contributed by atoms with Crippen molar-refractivity contribution >= 4 is 17.7 Å². The van der Waals surface area contributed by atoms with Crippen LogP contribution in [0.3, 0.4) is 0 Å². The van der Waals surface area contributed by atoms with Gasteiger partial charge in [0.05, 0.1) is 11.9 Å². The van der Waals surface area contributed by atoms with Gasteiger partial charge in [0, 0.05) is 18.8 Å². The zero-order valence-electron chi connectivity index (χ0n) is 10.1. The molecule has 2 N–H and O–H groups in total. The van der Waals surface area contributed by atoms with E-state index in [0.29, 0.717) is 17.5 Å². The van der Waals surface area contributed by atoms with Gasteiger partial charge in [-0.1, -0.05) is 0 Å². The fourth-order valence-corrected chi connectivity index (χ4v) is 2.93. The molecule has 94 valence electrons. The van der Waals surface area contributed by atoms with Crippen LogP contribution in [0.1, 0.15) is 19.8 Å². The summed E-state index contributed by atoms with van der Waals surface area (Å²) >= 11 is 1.75. The van der Waals surface area contributed by atoms with Gasteiger partial charge in [0.1, 0.15) is 0 Å². The SMILES string of the molecule is CC(O)CN(C)C(=O)CSC1CCNCC1. The lowest BCUT2D eigenvalue weighted by Crippen LogP contribution is -2.35. The van der Waals surface area contributed by atoms with E-state index >= 15 is 0 Å². The van der Waals surface area contributed by atoms with E-state index in [1.165, 1.54) is 0 Å². The van der Waals surface area contributed by atoms with Gasteiger partial charge in [-0.05, 0) is 32.9 Å². The fourth-order valence-electron chi connectivity index (χ4n) is 1.76. The van der Waals surface area contributed by atoms with Crippen molar-refractivity contribution in [2.45, 2.75) is 31.1 Å². The van der Waals surface area contributed by atoms with Crippen LogP contribution in [0.5, 0.6) is 0 Å². The largest absolute Gasteiger partial charge is 0.392 e. The Kier molecular flexibility index (Phi) is 6.16. The summed E-state index contributed by atoms with van der Waals surface area (Å²) in [6, 6.07) is 0. The van der Waals surface area contributed by atoms with Crippen LogP contribution >= 0.6 is 11.8 Å². The molecule has 5 heteroatoms. The quantitative estimate of drug-likeness (QED) is 0.733. The number of piperidine rings is 1. The van der Waals surface area contributed by atoms with Crippen LogP contribution in [-0.4, -0.2) is 59.7 Å². The summed E-state index contributed by atoms with van der Waals surface area (Å²) in [6.07, 6.45) is 1.86. The molecule has 1 heterocycles. The average molecular weight is 246 g/mol. The first kappa shape index (κ1) is 13.8. The molecular weight excluding hydrogens is 224 g/mol. The molecule has 0 saturated carbocycles. The van der Waals surface area contributed by atoms with Gasteiger partial charge in [-0.2, -0.15) is 0 Å². The van der Waals surface area contributed by atoms with E-state index in [9.17, 15) is 9.90 Å². The molecule has 1 aliphatic rings. The number of rotatable bonds is 5. The third-order valence-corrected chi connectivity index (χ3v) is 4.05. The molecule has 0 radical (unpaired) electrons. The summed E-state index contributed by atoms with van der Waals surface area (Å²) in [6.45, 7) is 4.25. The predicted molar refractivity (Wildman–Crippen MR) is 67.7 cm³/mol. The molecule has 1 unspecified atom stereocenters. The van der Waals surface area contributed by atoms with Crippen molar-refractivity contribution in [2.75, 3.05) is 32.4 Å². The van der Waals surface area contributed by atoms with Gasteiger partial charge < -0.3 is 15.3 Å². The second-order valence-corrected chi connectivity index (χ2v) is 5.67. The summed E-state index contributed by atoms with van der Waals surface area (Å²) < 4.78 is 0. The Morgan fingerprint density at radius 1 is 1.56 bits per heavy atom. The Labute approximate surface area is 102 Å². The highest BCUT2D eigenvalue weighted by atomic mass is 32.2. The van der Waals surface area contributed by atoms with Crippen LogP contribution < -0.4 is 5.32 Å². The molecule has 0 spiro atoms. The van der Waals surface area contributed by atoms with E-state index in [1.54, 1.807) is 30.6 Å². The van der Waals surface area contributed by atoms with Crippen LogP contribution in [0, 0.1) is 0 Å². The molecule has 1 amide bonds. The highest BCUT2D eigenvalue weighted by molar-refractivity contribution is 8.00. The minimum absolute atomic E-state index is 0.115. The third-order valence-electron chi connectivity index (χ3n) is 2.69. The molecule has 1 fully saturated rings. The Hall–Kier alpha value is -0.260. The number of carbonyl (C=O) groups excluding carboxylic acids is 1. The van der Waals surface area contributed by atoms with Crippen molar-refractivity contribution in [3.63, 3.8) is 0 Å². The number of carbonyl (C=O) groups is 1. The summed E-state index contributed by atoms with van der Waals surface area (Å²) in [7, 11) is 1.75. The van der Waals surface area contributed by atoms with Crippen molar-refractivity contribution in [3.05, 3.63) is 0 Å². The topological polar surface area (TPSA) is 52.6 Å². The van der Waals surface area contributed by atoms with Gasteiger partial charge in [-0.25, -0.2) is 0 Å². The molecule has 16 heavy (non-hydrogen) atoms. The van der Waals surface area contributed by atoms with E-state index in [-0.39, 0.29) is 5.91 Å². The summed E-state index contributed by atoms with van der Waals surface area (Å²) in [5, 5.41) is 13.1. The van der Waals surface area contributed by atoms with Crippen LogP contribution in [0.2, 0.25) is 0 Å². The summed E-state index contributed by atoms with van der Waals surface area (Å²) in [5.74, 6) is 0.651. The molecule has 0 aromatic carbocycles. The third kappa shape index (κ3) is 5.18. The Morgan fingerprint density at radius 2 is 2.19 bits per heavy atom. The minimum atomic E-state index is -0.446. The minimum Gasteiger partial charge on any atom is -0.392 e. The number of aliphatic hydroxyl groups is 1. The maximum atomic E-state index is 11.7. The Bertz CT molecular complexity index is 218. The van der Waals surface area contributed by atoms with E-state index < -0.39 is 6.10 Å². The number of likely N-dealkylation sites (N-methyl/N-ethyl adjacent to an activating group) is 1. The Morgan fingerprint density at radius 3 is 2.75 bits per heavy atom. The summed E-state index contributed by atoms with van der Waals surface area (Å²) in [4.78, 5) is 13.3. The van der Waals surface area contributed by atoms with Gasteiger partial charge in [-0.15, -0.1) is 11.8 Å². The molecule has 0 bridgehead atoms. The molecule has 0 aliphatic carbocycles. The van der Waals surface area contributed by atoms with Crippen LogP contribution in [0.4, 0.5) is 0 Å². The second-order valence-electron chi connectivity index (χ2n) is 4.38. The fraction of sp³-hybridized carbons (Fsp3) is 0.909. The van der Waals surface area contributed by atoms with Gasteiger partial charge in [0.2, 0.25) is 5.91 Å². The molecule has 4 nitrogen and oxygen atoms in total. The van der Waals surface area contributed by atoms with Gasteiger partial charge in [0.15, 0.2) is 0 Å². The first-order valence-electron chi connectivity index (χ1n) is 5.84. The zero-order chi connectivity index (χ0) is 12.0. The molecule has 0 aromatic heterocycles. The number of hydrogen-bond acceptors (Lipinski definition) is 4. The predicted octanol–water partition coefficient (Wildman–Crippen LogP) is 0.311. The average Bonchev–Trinajstić information content (AvgIpc) is 2.26. The van der Waals surface area contributed by atoms with Crippen LogP contribution in [0.25, 0.3) is 0 Å². The number of hydrogen-bond donors (Lipinski definition) is 2. The standard InChI is InChI=1S/C11H22N2O2S/c1-9(14)7-13(2)11(15)8-16-10-3-5-12-6-4-10/h9-10,12,14H,3-8H2,1-2H3. The van der Waals surface area contributed by atoms with Crippen LogP contribution in [-0.2, 0) is 4.79 Å². The number of nitrogens with zero attached hydrogens (tertiary/aromatic N) is 1. The molecule has 1 saturated heterocycles. The highest BCUT2D eigenvalue weighted by Crippen LogP contribution is 2.20. The molecule has 1 aliphatic heterocycles. The number of nitrogens with one attached hydrogen (secondary N) is 1. The van der Waals surface area contributed by atoms with E-state index in [2.05, 4.69) is 5.32 Å². The molecule has 0 aromatic rings. The lowest BCUT2D eigenvalue weighted by atomic mass is 10.2. The van der Waals surface area contributed by atoms with Crippen molar-refractivity contribution in [2.24, 2.45) is 0 Å². The lowest BCUT2D eigenvalue weighted by molar-refractivity contribution is -0.128.